The smallest absolute Gasteiger partial charge is 0.283 e. The fourth-order valence-corrected chi connectivity index (χ4v) is 2.99. The van der Waals surface area contributed by atoms with Gasteiger partial charge < -0.3 is 4.90 Å². The second-order valence-electron chi connectivity index (χ2n) is 6.24. The maximum Gasteiger partial charge on any atom is 0.283 e. The Balaban J connectivity index is 2.03. The quantitative estimate of drug-likeness (QED) is 0.578. The van der Waals surface area contributed by atoms with E-state index in [2.05, 4.69) is 28.4 Å². The van der Waals surface area contributed by atoms with Crippen molar-refractivity contribution in [2.24, 2.45) is 0 Å². The summed E-state index contributed by atoms with van der Waals surface area (Å²) in [5.74, 6) is 0.537. The lowest BCUT2D eigenvalue weighted by Crippen LogP contribution is -2.12. The molecule has 0 saturated heterocycles. The first-order valence-electron chi connectivity index (χ1n) is 8.75. The molecule has 1 atom stereocenters. The summed E-state index contributed by atoms with van der Waals surface area (Å²) in [5.41, 5.74) is 0.722. The third-order valence-electron chi connectivity index (χ3n) is 4.45. The molecule has 0 N–H and O–H groups in total. The average Bonchev–Trinajstić information content (AvgIpc) is 3.15. The van der Waals surface area contributed by atoms with Crippen LogP contribution in [0.15, 0.2) is 42.5 Å². The second-order valence-corrected chi connectivity index (χ2v) is 6.96. The van der Waals surface area contributed by atoms with Gasteiger partial charge >= 0.3 is 0 Å². The molecule has 0 aliphatic heterocycles. The lowest BCUT2D eigenvalue weighted by molar-refractivity contribution is 0.104. The van der Waals surface area contributed by atoms with Crippen LogP contribution < -0.4 is 4.90 Å². The summed E-state index contributed by atoms with van der Waals surface area (Å²) in [6.07, 6.45) is 0.883. The number of rotatable bonds is 6. The molecule has 5 nitrogen and oxygen atoms in total. The summed E-state index contributed by atoms with van der Waals surface area (Å²) < 4.78 is 26.9. The highest BCUT2D eigenvalue weighted by Gasteiger charge is 2.24. The SMILES string of the molecule is CCc1ccc(-c2nnn(CC)n2)c(N(C)c2ccc(C(F)(F)P)cc2)c1. The van der Waals surface area contributed by atoms with Gasteiger partial charge in [-0.15, -0.1) is 10.2 Å². The van der Waals surface area contributed by atoms with Gasteiger partial charge in [0.15, 0.2) is 0 Å². The van der Waals surface area contributed by atoms with Crippen molar-refractivity contribution in [1.29, 1.82) is 0 Å². The molecule has 27 heavy (non-hydrogen) atoms. The third-order valence-corrected chi connectivity index (χ3v) is 4.78. The lowest BCUT2D eigenvalue weighted by atomic mass is 10.0. The largest absolute Gasteiger partial charge is 0.344 e. The van der Waals surface area contributed by atoms with E-state index in [1.54, 1.807) is 21.4 Å². The Morgan fingerprint density at radius 1 is 1.11 bits per heavy atom. The third kappa shape index (κ3) is 4.14. The molecule has 3 rings (SSSR count). The van der Waals surface area contributed by atoms with Crippen molar-refractivity contribution in [2.45, 2.75) is 32.5 Å². The standard InChI is InChI=1S/C19H22F2N5P/c1-4-13-6-11-16(18-22-24-26(5-2)23-18)17(12-13)25(3)15-9-7-14(8-10-15)19(20,21)27/h6-12H,4-5,27H2,1-3H3. The molecule has 0 fully saturated rings. The van der Waals surface area contributed by atoms with Crippen LogP contribution in [0.25, 0.3) is 11.4 Å². The van der Waals surface area contributed by atoms with Crippen LogP contribution in [-0.2, 0) is 18.6 Å². The number of hydrogen-bond acceptors (Lipinski definition) is 4. The van der Waals surface area contributed by atoms with E-state index in [1.165, 1.54) is 16.9 Å². The number of aryl methyl sites for hydroxylation is 2. The van der Waals surface area contributed by atoms with E-state index in [0.717, 1.165) is 28.9 Å². The summed E-state index contributed by atoms with van der Waals surface area (Å²) in [4.78, 5) is 3.48. The molecule has 0 bridgehead atoms. The molecule has 3 aromatic rings. The van der Waals surface area contributed by atoms with E-state index in [-0.39, 0.29) is 5.56 Å². The van der Waals surface area contributed by atoms with Crippen LogP contribution in [0, 0.1) is 0 Å². The number of tetrazole rings is 1. The molecule has 0 aliphatic carbocycles. The van der Waals surface area contributed by atoms with Gasteiger partial charge in [-0.2, -0.15) is 13.6 Å². The van der Waals surface area contributed by atoms with Crippen LogP contribution in [0.4, 0.5) is 20.2 Å². The average molecular weight is 389 g/mol. The molecule has 142 valence electrons. The number of nitrogens with zero attached hydrogens (tertiary/aromatic N) is 5. The Bertz CT molecular complexity index is 919. The van der Waals surface area contributed by atoms with E-state index in [0.29, 0.717) is 12.4 Å². The predicted molar refractivity (Wildman–Crippen MR) is 106 cm³/mol. The minimum Gasteiger partial charge on any atom is -0.344 e. The molecule has 0 saturated carbocycles. The summed E-state index contributed by atoms with van der Waals surface area (Å²) in [7, 11) is 3.46. The molecule has 8 heteroatoms. The Morgan fingerprint density at radius 2 is 1.81 bits per heavy atom. The molecule has 0 amide bonds. The summed E-state index contributed by atoms with van der Waals surface area (Å²) >= 11 is 0. The van der Waals surface area contributed by atoms with Gasteiger partial charge in [-0.3, -0.25) is 0 Å². The van der Waals surface area contributed by atoms with Crippen LogP contribution in [0.3, 0.4) is 0 Å². The molecule has 1 aromatic heterocycles. The Hall–Kier alpha value is -2.40. The molecule has 0 spiro atoms. The monoisotopic (exact) mass is 389 g/mol. The highest BCUT2D eigenvalue weighted by atomic mass is 31.0. The zero-order valence-corrected chi connectivity index (χ0v) is 16.7. The number of halogens is 2. The minimum absolute atomic E-state index is 0.0419. The Morgan fingerprint density at radius 3 is 2.37 bits per heavy atom. The van der Waals surface area contributed by atoms with Crippen LogP contribution in [-0.4, -0.2) is 27.3 Å². The molecule has 1 unspecified atom stereocenters. The van der Waals surface area contributed by atoms with Gasteiger partial charge in [-0.25, -0.2) is 0 Å². The van der Waals surface area contributed by atoms with Crippen LogP contribution >= 0.6 is 9.24 Å². The van der Waals surface area contributed by atoms with Gasteiger partial charge in [0, 0.05) is 23.9 Å². The summed E-state index contributed by atoms with van der Waals surface area (Å²) in [5, 5.41) is 12.6. The zero-order chi connectivity index (χ0) is 19.6. The predicted octanol–water partition coefficient (Wildman–Crippen LogP) is 4.61. The topological polar surface area (TPSA) is 46.8 Å². The fourth-order valence-electron chi connectivity index (χ4n) is 2.80. The van der Waals surface area contributed by atoms with Gasteiger partial charge in [-0.05, 0) is 48.4 Å². The van der Waals surface area contributed by atoms with Gasteiger partial charge in [0.1, 0.15) is 0 Å². The molecular weight excluding hydrogens is 367 g/mol. The Kier molecular flexibility index (Phi) is 5.51. The molecular formula is C19H22F2N5P. The normalized spacial score (nSPS) is 11.6. The molecule has 0 aliphatic rings. The van der Waals surface area contributed by atoms with Crippen molar-refractivity contribution in [1.82, 2.24) is 20.2 Å². The van der Waals surface area contributed by atoms with Crippen molar-refractivity contribution in [2.75, 3.05) is 11.9 Å². The van der Waals surface area contributed by atoms with Gasteiger partial charge in [0.25, 0.3) is 5.66 Å². The Labute approximate surface area is 159 Å². The van der Waals surface area contributed by atoms with E-state index in [1.807, 2.05) is 31.0 Å². The highest BCUT2D eigenvalue weighted by molar-refractivity contribution is 7.17. The van der Waals surface area contributed by atoms with E-state index in [4.69, 9.17) is 0 Å². The second kappa shape index (κ2) is 7.69. The van der Waals surface area contributed by atoms with E-state index < -0.39 is 5.66 Å². The summed E-state index contributed by atoms with van der Waals surface area (Å²) in [6.45, 7) is 4.66. The minimum atomic E-state index is -2.94. The van der Waals surface area contributed by atoms with Crippen molar-refractivity contribution in [3.05, 3.63) is 53.6 Å². The van der Waals surface area contributed by atoms with Crippen molar-refractivity contribution < 1.29 is 8.78 Å². The molecule has 0 radical (unpaired) electrons. The number of hydrogen-bond donors (Lipinski definition) is 0. The number of alkyl halides is 2. The number of anilines is 2. The molecule has 2 aromatic carbocycles. The number of benzene rings is 2. The van der Waals surface area contributed by atoms with E-state index >= 15 is 0 Å². The highest BCUT2D eigenvalue weighted by Crippen LogP contribution is 2.37. The van der Waals surface area contributed by atoms with Crippen LogP contribution in [0.1, 0.15) is 25.0 Å². The zero-order valence-electron chi connectivity index (χ0n) is 15.5. The van der Waals surface area contributed by atoms with Gasteiger partial charge in [-0.1, -0.05) is 34.4 Å². The molecule has 1 heterocycles. The van der Waals surface area contributed by atoms with Crippen LogP contribution in [0.2, 0.25) is 0 Å². The fraction of sp³-hybridized carbons (Fsp3) is 0.316. The number of aromatic nitrogens is 4. The summed E-state index contributed by atoms with van der Waals surface area (Å²) in [6, 6.07) is 12.3. The van der Waals surface area contributed by atoms with Crippen LogP contribution in [0.5, 0.6) is 0 Å². The maximum atomic E-state index is 13.5. The van der Waals surface area contributed by atoms with Gasteiger partial charge in [0.2, 0.25) is 5.82 Å². The van der Waals surface area contributed by atoms with Crippen molar-refractivity contribution in [3.8, 4) is 11.4 Å². The van der Waals surface area contributed by atoms with Crippen molar-refractivity contribution >= 4 is 20.6 Å². The van der Waals surface area contributed by atoms with E-state index in [9.17, 15) is 8.78 Å². The van der Waals surface area contributed by atoms with Gasteiger partial charge in [0.05, 0.1) is 12.2 Å². The van der Waals surface area contributed by atoms with Crippen molar-refractivity contribution in [3.63, 3.8) is 0 Å². The first kappa shape index (κ1) is 19.4. The first-order valence-corrected chi connectivity index (χ1v) is 9.33. The maximum absolute atomic E-state index is 13.5. The first-order chi connectivity index (χ1) is 12.8. The lowest BCUT2D eigenvalue weighted by Gasteiger charge is -2.23.